The molecule has 1 saturated carbocycles. The van der Waals surface area contributed by atoms with E-state index in [0.29, 0.717) is 0 Å². The first-order valence-corrected chi connectivity index (χ1v) is 6.90. The minimum Gasteiger partial charge on any atom is -0.460 e. The van der Waals surface area contributed by atoms with E-state index in [4.69, 9.17) is 15.5 Å². The van der Waals surface area contributed by atoms with Crippen LogP contribution in [0.1, 0.15) is 66.2 Å². The molecule has 1 aliphatic carbocycles. The maximum atomic E-state index is 11.9. The summed E-state index contributed by atoms with van der Waals surface area (Å²) in [6.07, 6.45) is 5.31. The summed E-state index contributed by atoms with van der Waals surface area (Å²) in [6, 6.07) is 0. The normalized spacial score (nSPS) is 29.1. The number of rotatable bonds is 4. The second-order valence-electron chi connectivity index (χ2n) is 6.42. The molecule has 1 rings (SSSR count). The molecule has 0 saturated heterocycles. The maximum Gasteiger partial charge on any atom is 0.309 e. The molecule has 0 unspecified atom stereocenters. The van der Waals surface area contributed by atoms with Crippen LogP contribution in [0.15, 0.2) is 0 Å². The van der Waals surface area contributed by atoms with Crippen molar-refractivity contribution in [3.63, 3.8) is 0 Å². The second-order valence-corrected chi connectivity index (χ2v) is 6.42. The number of hydrogen-bond donors (Lipinski definition) is 1. The fourth-order valence-electron chi connectivity index (χ4n) is 2.59. The number of carbonyl (C=O) groups is 1. The van der Waals surface area contributed by atoms with E-state index in [2.05, 4.69) is 6.92 Å². The molecule has 18 heavy (non-hydrogen) atoms. The van der Waals surface area contributed by atoms with E-state index in [1.807, 2.05) is 20.8 Å². The standard InChI is InChI=1S/C14H27NO3/c1-5-11-6-8-14(18-15,9-7-11)10-12(16)17-13(2,3)4/h11H,5-10,15H2,1-4H3. The molecule has 2 N–H and O–H groups in total. The minimum atomic E-state index is -0.506. The molecule has 0 spiro atoms. The van der Waals surface area contributed by atoms with Gasteiger partial charge in [-0.3, -0.25) is 9.63 Å². The molecule has 0 heterocycles. The zero-order valence-corrected chi connectivity index (χ0v) is 12.1. The van der Waals surface area contributed by atoms with Gasteiger partial charge < -0.3 is 4.74 Å². The molecule has 0 aromatic carbocycles. The number of hydrogen-bond acceptors (Lipinski definition) is 4. The van der Waals surface area contributed by atoms with E-state index in [1.165, 1.54) is 6.42 Å². The minimum absolute atomic E-state index is 0.220. The zero-order valence-electron chi connectivity index (χ0n) is 12.1. The van der Waals surface area contributed by atoms with Crippen molar-refractivity contribution in [1.82, 2.24) is 0 Å². The van der Waals surface area contributed by atoms with Gasteiger partial charge in [-0.2, -0.15) is 0 Å². The Morgan fingerprint density at radius 1 is 1.33 bits per heavy atom. The summed E-state index contributed by atoms with van der Waals surface area (Å²) < 4.78 is 5.35. The molecular weight excluding hydrogens is 230 g/mol. The second kappa shape index (κ2) is 6.02. The van der Waals surface area contributed by atoms with Gasteiger partial charge in [0.1, 0.15) is 5.60 Å². The van der Waals surface area contributed by atoms with Crippen LogP contribution in [0.5, 0.6) is 0 Å². The first-order chi connectivity index (χ1) is 8.30. The average molecular weight is 257 g/mol. The summed E-state index contributed by atoms with van der Waals surface area (Å²) >= 11 is 0. The Morgan fingerprint density at radius 3 is 2.28 bits per heavy atom. The van der Waals surface area contributed by atoms with Crippen LogP contribution < -0.4 is 5.90 Å². The lowest BCUT2D eigenvalue weighted by Gasteiger charge is -2.37. The summed E-state index contributed by atoms with van der Waals surface area (Å²) in [4.78, 5) is 17.0. The molecular formula is C14H27NO3. The Bertz CT molecular complexity index is 275. The topological polar surface area (TPSA) is 61.5 Å². The highest BCUT2D eigenvalue weighted by molar-refractivity contribution is 5.71. The quantitative estimate of drug-likeness (QED) is 0.621. The number of carbonyl (C=O) groups excluding carboxylic acids is 1. The molecule has 0 aromatic rings. The average Bonchev–Trinajstić information content (AvgIpc) is 2.27. The summed E-state index contributed by atoms with van der Waals surface area (Å²) in [6.45, 7) is 7.81. The summed E-state index contributed by atoms with van der Waals surface area (Å²) in [5.41, 5.74) is -0.957. The third-order valence-electron chi connectivity index (χ3n) is 3.73. The Balaban J connectivity index is 2.54. The van der Waals surface area contributed by atoms with Gasteiger partial charge in [0, 0.05) is 0 Å². The molecule has 0 aliphatic heterocycles. The molecule has 4 nitrogen and oxygen atoms in total. The monoisotopic (exact) mass is 257 g/mol. The fourth-order valence-corrected chi connectivity index (χ4v) is 2.59. The number of nitrogens with two attached hydrogens (primary N) is 1. The lowest BCUT2D eigenvalue weighted by molar-refractivity contribution is -0.166. The van der Waals surface area contributed by atoms with Crippen molar-refractivity contribution in [2.45, 2.75) is 77.4 Å². The summed E-state index contributed by atoms with van der Waals surface area (Å²) in [5, 5.41) is 0. The van der Waals surface area contributed by atoms with E-state index in [0.717, 1.165) is 31.6 Å². The van der Waals surface area contributed by atoms with Crippen molar-refractivity contribution >= 4 is 5.97 Å². The number of ether oxygens (including phenoxy) is 1. The van der Waals surface area contributed by atoms with E-state index in [-0.39, 0.29) is 12.4 Å². The van der Waals surface area contributed by atoms with Gasteiger partial charge in [0.2, 0.25) is 0 Å². The highest BCUT2D eigenvalue weighted by Gasteiger charge is 2.39. The Kier molecular flexibility index (Phi) is 5.17. The van der Waals surface area contributed by atoms with Crippen molar-refractivity contribution in [1.29, 1.82) is 0 Å². The van der Waals surface area contributed by atoms with Gasteiger partial charge in [0.25, 0.3) is 0 Å². The Morgan fingerprint density at radius 2 is 1.89 bits per heavy atom. The number of esters is 1. The van der Waals surface area contributed by atoms with Crippen LogP contribution in [-0.4, -0.2) is 17.2 Å². The highest BCUT2D eigenvalue weighted by atomic mass is 16.6. The van der Waals surface area contributed by atoms with E-state index < -0.39 is 11.2 Å². The van der Waals surface area contributed by atoms with Gasteiger partial charge in [0.05, 0.1) is 12.0 Å². The fraction of sp³-hybridized carbons (Fsp3) is 0.929. The van der Waals surface area contributed by atoms with Crippen LogP contribution in [0.4, 0.5) is 0 Å². The summed E-state index contributed by atoms with van der Waals surface area (Å²) in [5.74, 6) is 5.95. The van der Waals surface area contributed by atoms with Crippen LogP contribution in [0.2, 0.25) is 0 Å². The van der Waals surface area contributed by atoms with Crippen LogP contribution in [-0.2, 0) is 14.4 Å². The van der Waals surface area contributed by atoms with E-state index in [9.17, 15) is 4.79 Å². The van der Waals surface area contributed by atoms with Crippen molar-refractivity contribution in [3.8, 4) is 0 Å². The molecule has 1 fully saturated rings. The lowest BCUT2D eigenvalue weighted by atomic mass is 9.76. The molecule has 106 valence electrons. The van der Waals surface area contributed by atoms with Gasteiger partial charge in [-0.25, -0.2) is 5.90 Å². The molecule has 1 aliphatic rings. The van der Waals surface area contributed by atoms with Crippen LogP contribution in [0.3, 0.4) is 0 Å². The molecule has 0 radical (unpaired) electrons. The molecule has 0 aromatic heterocycles. The van der Waals surface area contributed by atoms with Crippen molar-refractivity contribution in [3.05, 3.63) is 0 Å². The lowest BCUT2D eigenvalue weighted by Crippen LogP contribution is -2.42. The van der Waals surface area contributed by atoms with E-state index >= 15 is 0 Å². The van der Waals surface area contributed by atoms with Gasteiger partial charge in [-0.15, -0.1) is 0 Å². The SMILES string of the molecule is CCC1CCC(CC(=O)OC(C)(C)C)(ON)CC1. The first-order valence-electron chi connectivity index (χ1n) is 6.90. The van der Waals surface area contributed by atoms with Crippen LogP contribution >= 0.6 is 0 Å². The third-order valence-corrected chi connectivity index (χ3v) is 3.73. The van der Waals surface area contributed by atoms with Gasteiger partial charge in [-0.05, 0) is 52.4 Å². The Labute approximate surface area is 110 Å². The first kappa shape index (κ1) is 15.4. The molecule has 0 atom stereocenters. The van der Waals surface area contributed by atoms with Crippen LogP contribution in [0.25, 0.3) is 0 Å². The summed E-state index contributed by atoms with van der Waals surface area (Å²) in [7, 11) is 0. The van der Waals surface area contributed by atoms with Crippen molar-refractivity contribution in [2.75, 3.05) is 0 Å². The van der Waals surface area contributed by atoms with Gasteiger partial charge >= 0.3 is 5.97 Å². The van der Waals surface area contributed by atoms with Gasteiger partial charge in [0.15, 0.2) is 0 Å². The molecule has 4 heteroatoms. The predicted molar refractivity (Wildman–Crippen MR) is 70.7 cm³/mol. The van der Waals surface area contributed by atoms with Crippen molar-refractivity contribution < 1.29 is 14.4 Å². The maximum absolute atomic E-state index is 11.9. The molecule has 0 bridgehead atoms. The van der Waals surface area contributed by atoms with Crippen molar-refractivity contribution in [2.24, 2.45) is 11.8 Å². The predicted octanol–water partition coefficient (Wildman–Crippen LogP) is 2.95. The van der Waals surface area contributed by atoms with Gasteiger partial charge in [-0.1, -0.05) is 13.3 Å². The zero-order chi connectivity index (χ0) is 13.8. The third kappa shape index (κ3) is 4.58. The molecule has 0 amide bonds. The highest BCUT2D eigenvalue weighted by Crippen LogP contribution is 2.38. The smallest absolute Gasteiger partial charge is 0.309 e. The van der Waals surface area contributed by atoms with E-state index in [1.54, 1.807) is 0 Å². The largest absolute Gasteiger partial charge is 0.460 e. The Hall–Kier alpha value is -0.610. The van der Waals surface area contributed by atoms with Crippen LogP contribution in [0, 0.1) is 5.92 Å².